The van der Waals surface area contributed by atoms with Crippen molar-refractivity contribution in [1.82, 2.24) is 68.1 Å². The summed E-state index contributed by atoms with van der Waals surface area (Å²) < 4.78 is 42.5. The van der Waals surface area contributed by atoms with Gasteiger partial charge >= 0.3 is 0 Å². The lowest BCUT2D eigenvalue weighted by molar-refractivity contribution is -0.130. The number of hydrogen-bond donors (Lipinski definition) is 7. The minimum atomic E-state index is -0.717. The maximum atomic E-state index is 14.3. The molecular formula is C117H100ClF2N19O6S2. The van der Waals surface area contributed by atoms with Gasteiger partial charge in [0, 0.05) is 111 Å². The number of aromatic nitrogens is 14. The number of thiazole rings is 2. The number of methoxy groups -OCH3 is 1. The van der Waals surface area contributed by atoms with Gasteiger partial charge in [-0.25, -0.2) is 48.7 Å². The molecule has 8 aromatic heterocycles. The lowest BCUT2D eigenvalue weighted by Crippen LogP contribution is -2.55. The number of H-pyrrole nitrogens is 2. The molecule has 19 aromatic rings. The van der Waals surface area contributed by atoms with Gasteiger partial charge in [-0.15, -0.1) is 22.7 Å². The molecular weight excluding hydrogens is 1900 g/mol. The van der Waals surface area contributed by atoms with Gasteiger partial charge in [0.2, 0.25) is 35.5 Å². The monoisotopic (exact) mass is 2000 g/mol. The van der Waals surface area contributed by atoms with E-state index in [4.69, 9.17) is 31.3 Å². The quantitative estimate of drug-likeness (QED) is 0.0473. The first kappa shape index (κ1) is 93.1. The number of ether oxygens (including phenoxy) is 1. The van der Waals surface area contributed by atoms with E-state index in [1.165, 1.54) is 80.9 Å². The van der Waals surface area contributed by atoms with Crippen LogP contribution in [0.5, 0.6) is 5.75 Å². The van der Waals surface area contributed by atoms with E-state index in [-0.39, 0.29) is 87.0 Å². The summed E-state index contributed by atoms with van der Waals surface area (Å²) in [6.07, 6.45) is 22.1. The highest BCUT2D eigenvalue weighted by atomic mass is 35.5. The molecule has 147 heavy (non-hydrogen) atoms. The summed E-state index contributed by atoms with van der Waals surface area (Å²) >= 11 is 8.95. The number of hydrogen-bond acceptors (Lipinski definition) is 16. The number of fused-ring (bicyclic) bond motifs is 6. The fourth-order valence-electron chi connectivity index (χ4n) is 25.8. The zero-order chi connectivity index (χ0) is 101. The van der Waals surface area contributed by atoms with E-state index in [9.17, 15) is 32.8 Å². The van der Waals surface area contributed by atoms with Gasteiger partial charge < -0.3 is 48.9 Å². The van der Waals surface area contributed by atoms with Crippen LogP contribution in [0.3, 0.4) is 0 Å². The second kappa shape index (κ2) is 35.0. The number of amides is 5. The summed E-state index contributed by atoms with van der Waals surface area (Å²) in [5.74, 6) is 4.37. The number of imidazole rings is 6. The van der Waals surface area contributed by atoms with Crippen molar-refractivity contribution in [2.45, 2.75) is 133 Å². The van der Waals surface area contributed by atoms with Crippen molar-refractivity contribution in [2.75, 3.05) is 33.7 Å². The van der Waals surface area contributed by atoms with Crippen LogP contribution in [-0.4, -0.2) is 105 Å². The molecule has 732 valence electrons. The second-order valence-electron chi connectivity index (χ2n) is 41.4. The van der Waals surface area contributed by atoms with E-state index >= 15 is 0 Å². The molecule has 0 radical (unpaired) electrons. The van der Waals surface area contributed by atoms with Crippen LogP contribution in [0.2, 0.25) is 5.02 Å². The molecule has 7 N–H and O–H groups in total. The van der Waals surface area contributed by atoms with Crippen molar-refractivity contribution >= 4 is 113 Å². The summed E-state index contributed by atoms with van der Waals surface area (Å²) in [6, 6.07) is 76.6. The minimum absolute atomic E-state index is 0.0248. The number of nitrogens with one attached hydrogen (secondary N) is 7. The summed E-state index contributed by atoms with van der Waals surface area (Å²) in [7, 11) is 1.54. The highest BCUT2D eigenvalue weighted by molar-refractivity contribution is 7.14. The SMILES string of the molecule is CC12CC(C)(C(=O)Nc3nc(-c4ccc(F)c5ccccc45)cs3)C(c3ccccc31)n1ccnc12.CC12CC(C)(C(=O)Nc3ncc(-c4ccc(F)c5ccccc45)[nH]3)C(c3ccccc31)n1ccnc12.CC12CC(C)(C(=O)Nc3ncc(Cc4ccccc4)[nH]3)C(c3ccccc31)n1ccnc12.COc1ccc(NC(=O)c2cccc(-c3csc(NC(=O)C4(C)CC5(C)c6ccccc6C4n4ccnc45)n3)c2)cc1Cl. The summed E-state index contributed by atoms with van der Waals surface area (Å²) in [4.78, 5) is 112. The Bertz CT molecular complexity index is 8320. The van der Waals surface area contributed by atoms with Gasteiger partial charge in [0.1, 0.15) is 40.7 Å². The Morgan fingerprint density at radius 3 is 1.26 bits per heavy atom. The van der Waals surface area contributed by atoms with E-state index in [1.807, 2.05) is 166 Å². The number of carbonyl (C=O) groups is 5. The molecule has 31 rings (SSSR count). The molecule has 8 aliphatic heterocycles. The van der Waals surface area contributed by atoms with Gasteiger partial charge in [0.05, 0.1) is 109 Å². The predicted molar refractivity (Wildman–Crippen MR) is 566 cm³/mol. The molecule has 0 fully saturated rings. The molecule has 12 atom stereocenters. The Kier molecular flexibility index (Phi) is 22.2. The third-order valence-corrected chi connectivity index (χ3v) is 33.8. The summed E-state index contributed by atoms with van der Waals surface area (Å²) in [5, 5.41) is 23.2. The van der Waals surface area contributed by atoms with Crippen molar-refractivity contribution in [3.63, 3.8) is 0 Å². The van der Waals surface area contributed by atoms with Crippen LogP contribution >= 0.6 is 34.3 Å². The number of halogens is 3. The molecule has 12 unspecified atom stereocenters. The highest BCUT2D eigenvalue weighted by Crippen LogP contribution is 2.66. The van der Waals surface area contributed by atoms with E-state index in [0.29, 0.717) is 92.0 Å². The van der Waals surface area contributed by atoms with Gasteiger partial charge in [0.25, 0.3) is 5.91 Å². The van der Waals surface area contributed by atoms with Gasteiger partial charge in [-0.1, -0.05) is 200 Å². The molecule has 0 saturated heterocycles. The van der Waals surface area contributed by atoms with Crippen molar-refractivity contribution in [1.29, 1.82) is 0 Å². The molecule has 0 spiro atoms. The number of carbonyl (C=O) groups excluding carboxylic acids is 5. The van der Waals surface area contributed by atoms with Crippen LogP contribution < -0.4 is 31.3 Å². The molecule has 5 amide bonds. The Hall–Kier alpha value is -16.2. The van der Waals surface area contributed by atoms with Gasteiger partial charge in [-0.3, -0.25) is 34.6 Å². The zero-order valence-corrected chi connectivity index (χ0v) is 84.0. The van der Waals surface area contributed by atoms with Crippen LogP contribution in [0.15, 0.2) is 315 Å². The van der Waals surface area contributed by atoms with Crippen LogP contribution in [0, 0.1) is 33.3 Å². The molecule has 0 saturated carbocycles. The van der Waals surface area contributed by atoms with Crippen LogP contribution in [-0.2, 0) is 47.3 Å². The van der Waals surface area contributed by atoms with Gasteiger partial charge in [-0.2, -0.15) is 0 Å². The molecule has 12 aliphatic rings. The van der Waals surface area contributed by atoms with Crippen molar-refractivity contribution in [3.8, 4) is 39.5 Å². The van der Waals surface area contributed by atoms with E-state index in [0.717, 1.165) is 79.7 Å². The topological polar surface area (TPSA) is 309 Å². The molecule has 25 nitrogen and oxygen atoms in total. The molecule has 8 bridgehead atoms. The Labute approximate surface area is 857 Å². The Morgan fingerprint density at radius 1 is 0.408 bits per heavy atom. The van der Waals surface area contributed by atoms with E-state index in [2.05, 4.69) is 205 Å². The van der Waals surface area contributed by atoms with Gasteiger partial charge in [-0.05, 0) is 197 Å². The number of anilines is 5. The number of benzene rings is 11. The van der Waals surface area contributed by atoms with Crippen molar-refractivity contribution in [2.24, 2.45) is 21.7 Å². The molecule has 30 heteroatoms. The minimum Gasteiger partial charge on any atom is -0.495 e. The smallest absolute Gasteiger partial charge is 0.255 e. The predicted octanol–water partition coefficient (Wildman–Crippen LogP) is 24.0. The molecule has 4 aliphatic carbocycles. The van der Waals surface area contributed by atoms with Crippen LogP contribution in [0.4, 0.5) is 36.6 Å². The third-order valence-electron chi connectivity index (χ3n) is 32.0. The average Bonchev–Trinajstić information content (AvgIpc) is 1.65. The zero-order valence-electron chi connectivity index (χ0n) is 81.6. The maximum Gasteiger partial charge on any atom is 0.255 e. The highest BCUT2D eigenvalue weighted by Gasteiger charge is 2.65. The van der Waals surface area contributed by atoms with E-state index in [1.54, 1.807) is 67.0 Å². The van der Waals surface area contributed by atoms with E-state index < -0.39 is 21.7 Å². The number of aromatic amines is 2. The molecule has 11 aromatic carbocycles. The fourth-order valence-corrected chi connectivity index (χ4v) is 27.4. The summed E-state index contributed by atoms with van der Waals surface area (Å²) in [6.45, 7) is 16.9. The lowest BCUT2D eigenvalue weighted by atomic mass is 9.55. The number of nitrogens with zero attached hydrogens (tertiary/aromatic N) is 12. The van der Waals surface area contributed by atoms with Crippen molar-refractivity contribution in [3.05, 3.63) is 417 Å². The fraction of sp³-hybridized carbons (Fsp3) is 0.222. The van der Waals surface area contributed by atoms with Gasteiger partial charge in [0.15, 0.2) is 10.3 Å². The van der Waals surface area contributed by atoms with Crippen LogP contribution in [0.25, 0.3) is 55.3 Å². The first-order valence-electron chi connectivity index (χ1n) is 48.9. The molecule has 16 heterocycles. The normalized spacial score (nSPS) is 23.5. The lowest BCUT2D eigenvalue weighted by Gasteiger charge is -2.54. The summed E-state index contributed by atoms with van der Waals surface area (Å²) in [5.41, 5.74) is 13.2. The second-order valence-corrected chi connectivity index (χ2v) is 43.5. The number of rotatable bonds is 16. The first-order valence-corrected chi connectivity index (χ1v) is 51.1. The standard InChI is InChI=1S/C33H28ClN5O3S.C29H24FN5O.C29H23FN4OS.C26H25N5O/c1-32-18-33(2,27(39-14-13-35-29(32)39)22-9-4-5-10-23(22)32)30(41)38-31-37-25(17-43-31)19-7-6-8-20(15-19)28(40)36-21-11-12-26(42-3)24(34)16-21;1-28-16-29(2,24(35-14-13-31-25(28)35)20-9-5-6-10-21(20)28)26(36)34-27-32-15-23(33-27)19-11-12-22(30)18-8-4-3-7-17(18)19;1-28-16-29(2,24(34-14-13-31-25(28)34)20-9-5-6-10-21(20)28)26(35)33-27-32-23(15-36-27)19-11-12-22(30)18-8-4-3-7-17(18)19;1-25-16-26(2,21(31-13-12-27-22(25)31)19-10-6-7-11-20(19)25)23(32)30-24-28-15-18(29-24)14-17-8-4-3-5-9-17/h4-17,27H,18H2,1-3H3,(H,36,40)(H,37,38,41);3-15,24H,16H2,1-2H3,(H2,32,33,34,36);3-15,24H,16H2,1-2H3,(H,32,33,35);3-13,15,21H,14,16H2,1-2H3,(H2,28,29,30,32). The Balaban J connectivity index is 0.000000105. The van der Waals surface area contributed by atoms with Crippen LogP contribution in [0.1, 0.15) is 195 Å². The first-order chi connectivity index (χ1) is 71.0. The maximum absolute atomic E-state index is 14.3. The van der Waals surface area contributed by atoms with Crippen molar-refractivity contribution < 1.29 is 37.5 Å². The third kappa shape index (κ3) is 14.9. The Morgan fingerprint density at radius 2 is 0.803 bits per heavy atom. The average molecular weight is 2010 g/mol. The largest absolute Gasteiger partial charge is 0.495 e.